The van der Waals surface area contributed by atoms with Gasteiger partial charge in [-0.3, -0.25) is 0 Å². The van der Waals surface area contributed by atoms with Gasteiger partial charge >= 0.3 is 0 Å². The molecule has 83 heavy (non-hydrogen) atoms. The highest BCUT2D eigenvalue weighted by molar-refractivity contribution is 7.00. The molecule has 13 rings (SSSR count). The molecule has 0 saturated heterocycles. The van der Waals surface area contributed by atoms with Gasteiger partial charge in [0.05, 0.1) is 11.1 Å². The number of fused-ring (bicyclic) bond motifs is 10. The first-order valence-corrected chi connectivity index (χ1v) is 32.0. The normalized spacial score (nSPS) is 23.8. The van der Waals surface area contributed by atoms with Gasteiger partial charge in [-0.1, -0.05) is 210 Å². The number of rotatable bonds is 4. The summed E-state index contributed by atoms with van der Waals surface area (Å²) in [6, 6.07) is 54.9. The second kappa shape index (κ2) is 18.2. The third-order valence-corrected chi connectivity index (χ3v) is 22.3. The van der Waals surface area contributed by atoms with Gasteiger partial charge in [-0.15, -0.1) is 0 Å². The fraction of sp³-hybridized carbons (Fsp3) is 0.462. The zero-order valence-corrected chi connectivity index (χ0v) is 54.2. The highest BCUT2D eigenvalue weighted by Crippen LogP contribution is 2.64. The maximum atomic E-state index is 2.85. The predicted molar refractivity (Wildman–Crippen MR) is 360 cm³/mol. The van der Waals surface area contributed by atoms with Crippen molar-refractivity contribution >= 4 is 80.0 Å². The smallest absolute Gasteiger partial charge is 0.252 e. The first-order chi connectivity index (χ1) is 38.8. The molecule has 0 amide bonds. The fourth-order valence-electron chi connectivity index (χ4n) is 16.7. The molecule has 4 atom stereocenters. The van der Waals surface area contributed by atoms with Crippen molar-refractivity contribution in [1.29, 1.82) is 0 Å². The highest BCUT2D eigenvalue weighted by Gasteiger charge is 2.60. The maximum absolute atomic E-state index is 2.85. The number of anilines is 10. The molecular weight excluding hydrogens is 1000 g/mol. The van der Waals surface area contributed by atoms with E-state index in [0.29, 0.717) is 0 Å². The van der Waals surface area contributed by atoms with Crippen molar-refractivity contribution < 1.29 is 0 Å². The molecule has 4 aliphatic heterocycles. The molecule has 2 aliphatic carbocycles. The summed E-state index contributed by atoms with van der Waals surface area (Å²) in [5.74, 6) is 0. The Morgan fingerprint density at radius 3 is 1.10 bits per heavy atom. The lowest BCUT2D eigenvalue weighted by atomic mass is 9.33. The SMILES string of the molecule is CC(C)(C)c1ccc(N2c3ccc(C(C)(C)C)cc3B3c4ccc(N5c6ccc(C(C)(C)C)cc6C6(C)CCCCC56C)cc4N(c4ccc(C(C)(C)C)cc4)c4cc(N5c6ccc(C(C)(C)C)cc6C6(C)CCCCC56C)cc2c43)cc1. The van der Waals surface area contributed by atoms with Gasteiger partial charge in [0.25, 0.3) is 6.71 Å². The minimum atomic E-state index is -0.158. The monoisotopic (exact) mass is 1100 g/mol. The molecule has 6 aliphatic rings. The molecule has 0 radical (unpaired) electrons. The Morgan fingerprint density at radius 1 is 0.313 bits per heavy atom. The van der Waals surface area contributed by atoms with Crippen molar-refractivity contribution in [2.75, 3.05) is 19.6 Å². The van der Waals surface area contributed by atoms with E-state index >= 15 is 0 Å². The van der Waals surface area contributed by atoms with Crippen LogP contribution in [-0.4, -0.2) is 17.8 Å². The summed E-state index contributed by atoms with van der Waals surface area (Å²) in [4.78, 5) is 11.0. The van der Waals surface area contributed by atoms with Crippen LogP contribution in [-0.2, 0) is 37.9 Å². The van der Waals surface area contributed by atoms with Crippen LogP contribution in [0.4, 0.5) is 56.9 Å². The van der Waals surface area contributed by atoms with Crippen molar-refractivity contribution in [1.82, 2.24) is 0 Å². The zero-order valence-electron chi connectivity index (χ0n) is 54.2. The van der Waals surface area contributed by atoms with E-state index in [1.54, 1.807) is 0 Å². The summed E-state index contributed by atoms with van der Waals surface area (Å²) >= 11 is 0. The lowest BCUT2D eigenvalue weighted by Crippen LogP contribution is -2.62. The van der Waals surface area contributed by atoms with Gasteiger partial charge in [0.2, 0.25) is 0 Å². The van der Waals surface area contributed by atoms with E-state index in [1.165, 1.54) is 151 Å². The van der Waals surface area contributed by atoms with E-state index < -0.39 is 0 Å². The summed E-state index contributed by atoms with van der Waals surface area (Å²) in [6.07, 6.45) is 9.60. The van der Waals surface area contributed by atoms with Crippen LogP contribution < -0.4 is 36.0 Å². The molecule has 2 saturated carbocycles. The van der Waals surface area contributed by atoms with Crippen LogP contribution >= 0.6 is 0 Å². The first-order valence-electron chi connectivity index (χ1n) is 32.0. The van der Waals surface area contributed by atoms with Crippen LogP contribution in [0.25, 0.3) is 0 Å². The molecule has 0 bridgehead atoms. The van der Waals surface area contributed by atoms with E-state index in [2.05, 4.69) is 285 Å². The molecule has 4 heterocycles. The van der Waals surface area contributed by atoms with Crippen LogP contribution in [0.5, 0.6) is 0 Å². The average molecular weight is 1100 g/mol. The van der Waals surface area contributed by atoms with Gasteiger partial charge in [-0.25, -0.2) is 0 Å². The quantitative estimate of drug-likeness (QED) is 0.163. The van der Waals surface area contributed by atoms with Crippen LogP contribution in [0.1, 0.15) is 222 Å². The summed E-state index contributed by atoms with van der Waals surface area (Å²) in [7, 11) is 0. The summed E-state index contributed by atoms with van der Waals surface area (Å²) in [5, 5.41) is 0. The van der Waals surface area contributed by atoms with Crippen molar-refractivity contribution in [2.24, 2.45) is 0 Å². The zero-order chi connectivity index (χ0) is 59.1. The maximum Gasteiger partial charge on any atom is 0.252 e. The second-order valence-electron chi connectivity index (χ2n) is 32.6. The Labute approximate surface area is 501 Å². The molecule has 0 aromatic heterocycles. The van der Waals surface area contributed by atoms with E-state index in [-0.39, 0.29) is 55.7 Å². The molecule has 430 valence electrons. The topological polar surface area (TPSA) is 13.0 Å². The number of hydrogen-bond donors (Lipinski definition) is 0. The summed E-state index contributed by atoms with van der Waals surface area (Å²) in [5.41, 5.74) is 26.5. The third kappa shape index (κ3) is 8.24. The largest absolute Gasteiger partial charge is 0.334 e. The summed E-state index contributed by atoms with van der Waals surface area (Å²) < 4.78 is 0. The minimum Gasteiger partial charge on any atom is -0.334 e. The number of nitrogens with zero attached hydrogens (tertiary/aromatic N) is 4. The molecular formula is C78H95BN4. The fourth-order valence-corrected chi connectivity index (χ4v) is 16.7. The van der Waals surface area contributed by atoms with Gasteiger partial charge in [0.1, 0.15) is 0 Å². The Kier molecular flexibility index (Phi) is 12.2. The standard InChI is InChI=1S/C78H95BN4/c1-70(2,3)50-24-31-55(32-25-50)80-65-39-30-54(74(13,14)15)46-62(65)79-61-36-35-57(82-63-37-28-52(72(7,8)9)44-59(63)75(16)40-20-22-42-77(75,82)18)47-66(61)81(56-33-26-51(27-34-56)71(4,5)6)68-49-58(48-67(80)69(68)79)83-64-38-29-53(73(10,11)12)45-60(64)76(17)41-21-23-43-78(76,83)19/h24-39,44-49H,20-23,40-43H2,1-19H3. The molecule has 0 spiro atoms. The number of hydrogen-bond acceptors (Lipinski definition) is 4. The first kappa shape index (κ1) is 56.0. The summed E-state index contributed by atoms with van der Waals surface area (Å²) in [6.45, 7) is 45.8. The van der Waals surface area contributed by atoms with Gasteiger partial charge in [-0.2, -0.15) is 0 Å². The third-order valence-electron chi connectivity index (χ3n) is 22.3. The second-order valence-corrected chi connectivity index (χ2v) is 32.6. The van der Waals surface area contributed by atoms with Gasteiger partial charge in [0, 0.05) is 67.7 Å². The van der Waals surface area contributed by atoms with Crippen LogP contribution in [0.15, 0.2) is 133 Å². The predicted octanol–water partition coefficient (Wildman–Crippen LogP) is 19.7. The average Bonchev–Trinajstić information content (AvgIpc) is 1.74. The Morgan fingerprint density at radius 2 is 0.663 bits per heavy atom. The van der Waals surface area contributed by atoms with Crippen LogP contribution in [0.2, 0.25) is 0 Å². The highest BCUT2D eigenvalue weighted by atomic mass is 15.3. The van der Waals surface area contributed by atoms with Crippen molar-refractivity contribution in [3.8, 4) is 0 Å². The van der Waals surface area contributed by atoms with E-state index in [0.717, 1.165) is 12.8 Å². The Hall–Kier alpha value is -6.20. The van der Waals surface area contributed by atoms with Crippen LogP contribution in [0, 0.1) is 0 Å². The van der Waals surface area contributed by atoms with Gasteiger partial charge < -0.3 is 19.6 Å². The van der Waals surface area contributed by atoms with E-state index in [1.807, 2.05) is 0 Å². The molecule has 4 nitrogen and oxygen atoms in total. The molecule has 5 heteroatoms. The Bertz CT molecular complexity index is 3760. The van der Waals surface area contributed by atoms with Gasteiger partial charge in [0.15, 0.2) is 0 Å². The molecule has 7 aromatic rings. The van der Waals surface area contributed by atoms with Crippen molar-refractivity contribution in [3.05, 3.63) is 172 Å². The minimum absolute atomic E-state index is 0.000224. The Balaban J connectivity index is 1.14. The van der Waals surface area contributed by atoms with Gasteiger partial charge in [-0.05, 0) is 189 Å². The van der Waals surface area contributed by atoms with E-state index in [9.17, 15) is 0 Å². The molecule has 7 aromatic carbocycles. The molecule has 2 fully saturated rings. The molecule has 0 N–H and O–H groups in total. The number of benzene rings is 7. The molecule has 4 unspecified atom stereocenters. The van der Waals surface area contributed by atoms with Crippen molar-refractivity contribution in [2.45, 2.75) is 232 Å². The van der Waals surface area contributed by atoms with Crippen LogP contribution in [0.3, 0.4) is 0 Å². The lowest BCUT2D eigenvalue weighted by Gasteiger charge is -2.51. The lowest BCUT2D eigenvalue weighted by molar-refractivity contribution is 0.195. The van der Waals surface area contributed by atoms with E-state index in [4.69, 9.17) is 0 Å². The van der Waals surface area contributed by atoms with Crippen molar-refractivity contribution in [3.63, 3.8) is 0 Å².